The SMILES string of the molecule is CCCCCCCCCC(c1ccc(C2(c3ccc(C(CCCCCCCCC)c4ccc(N)cc4C)cc3)CCC(CCC)CC2)cc1)c1ccc(N)cc1C. The van der Waals surface area contributed by atoms with E-state index < -0.39 is 0 Å². The van der Waals surface area contributed by atoms with Gasteiger partial charge in [-0.15, -0.1) is 0 Å². The van der Waals surface area contributed by atoms with Crippen LogP contribution >= 0.6 is 0 Å². The van der Waals surface area contributed by atoms with E-state index in [1.807, 2.05) is 0 Å². The zero-order valence-electron chi connectivity index (χ0n) is 37.0. The maximum atomic E-state index is 6.26. The molecule has 5 rings (SSSR count). The van der Waals surface area contributed by atoms with Gasteiger partial charge in [0.15, 0.2) is 0 Å². The lowest BCUT2D eigenvalue weighted by Gasteiger charge is -2.42. The number of nitrogens with two attached hydrogens (primary N) is 2. The normalized spacial score (nSPS) is 18.1. The summed E-state index contributed by atoms with van der Waals surface area (Å²) in [6.45, 7) is 11.5. The molecule has 1 aliphatic carbocycles. The van der Waals surface area contributed by atoms with Gasteiger partial charge >= 0.3 is 0 Å². The van der Waals surface area contributed by atoms with Gasteiger partial charge in [0.1, 0.15) is 0 Å². The predicted molar refractivity (Wildman–Crippen MR) is 251 cm³/mol. The Morgan fingerprint density at radius 2 is 0.877 bits per heavy atom. The van der Waals surface area contributed by atoms with Gasteiger partial charge in [-0.25, -0.2) is 0 Å². The third kappa shape index (κ3) is 12.5. The van der Waals surface area contributed by atoms with Gasteiger partial charge < -0.3 is 11.5 Å². The van der Waals surface area contributed by atoms with Crippen LogP contribution in [-0.4, -0.2) is 0 Å². The second-order valence-corrected chi connectivity index (χ2v) is 18.2. The van der Waals surface area contributed by atoms with E-state index >= 15 is 0 Å². The van der Waals surface area contributed by atoms with Gasteiger partial charge in [-0.3, -0.25) is 0 Å². The highest BCUT2D eigenvalue weighted by molar-refractivity contribution is 5.51. The molecule has 4 N–H and O–H groups in total. The molecule has 4 aromatic rings. The van der Waals surface area contributed by atoms with Crippen molar-refractivity contribution in [1.82, 2.24) is 0 Å². The van der Waals surface area contributed by atoms with Crippen LogP contribution in [0.25, 0.3) is 0 Å². The molecule has 1 aliphatic rings. The Labute approximate surface area is 350 Å². The van der Waals surface area contributed by atoms with Gasteiger partial charge in [0.25, 0.3) is 0 Å². The summed E-state index contributed by atoms with van der Waals surface area (Å²) in [5, 5.41) is 0. The maximum absolute atomic E-state index is 6.26. The van der Waals surface area contributed by atoms with E-state index in [2.05, 4.69) is 120 Å². The number of aryl methyl sites for hydroxylation is 2. The fourth-order valence-corrected chi connectivity index (χ4v) is 10.5. The largest absolute Gasteiger partial charge is 0.399 e. The second kappa shape index (κ2) is 23.2. The second-order valence-electron chi connectivity index (χ2n) is 18.2. The van der Waals surface area contributed by atoms with E-state index in [9.17, 15) is 0 Å². The zero-order chi connectivity index (χ0) is 40.5. The zero-order valence-corrected chi connectivity index (χ0v) is 37.0. The Balaban J connectivity index is 1.41. The minimum atomic E-state index is 0.0531. The van der Waals surface area contributed by atoms with Crippen LogP contribution in [0.15, 0.2) is 84.9 Å². The monoisotopic (exact) mass is 769 g/mol. The lowest BCUT2D eigenvalue weighted by Crippen LogP contribution is -2.33. The average Bonchev–Trinajstić information content (AvgIpc) is 3.22. The molecule has 0 saturated heterocycles. The number of unbranched alkanes of at least 4 members (excludes halogenated alkanes) is 12. The van der Waals surface area contributed by atoms with Crippen LogP contribution in [0.3, 0.4) is 0 Å². The van der Waals surface area contributed by atoms with Gasteiger partial charge in [-0.1, -0.05) is 184 Å². The van der Waals surface area contributed by atoms with E-state index in [-0.39, 0.29) is 5.41 Å². The molecule has 1 saturated carbocycles. The maximum Gasteiger partial charge on any atom is 0.0316 e. The Kier molecular flexibility index (Phi) is 18.1. The highest BCUT2D eigenvalue weighted by Gasteiger charge is 2.38. The smallest absolute Gasteiger partial charge is 0.0316 e. The van der Waals surface area contributed by atoms with Crippen LogP contribution in [0, 0.1) is 19.8 Å². The molecule has 4 aromatic carbocycles. The third-order valence-electron chi connectivity index (χ3n) is 13.9. The van der Waals surface area contributed by atoms with Crippen LogP contribution in [0.5, 0.6) is 0 Å². The predicted octanol–water partition coefficient (Wildman–Crippen LogP) is 16.3. The van der Waals surface area contributed by atoms with Crippen molar-refractivity contribution in [2.75, 3.05) is 11.5 Å². The van der Waals surface area contributed by atoms with Crippen molar-refractivity contribution in [1.29, 1.82) is 0 Å². The highest BCUT2D eigenvalue weighted by Crippen LogP contribution is 2.48. The van der Waals surface area contributed by atoms with Crippen LogP contribution in [0.1, 0.15) is 218 Å². The standard InChI is InChI=1S/C55H80N2/c1-6-9-11-13-15-17-19-22-53(51-34-32-49(56)40-42(51)4)45-24-28-47(29-25-45)55(38-36-44(21-8-3)37-39-55)48-30-26-46(27-31-48)54(23-20-18-16-14-12-10-7-2)52-35-33-50(57)41-43(52)5/h24-35,40-41,44,53-54H,6-23,36-39,56-57H2,1-5H3. The van der Waals surface area contributed by atoms with Gasteiger partial charge in [0, 0.05) is 28.6 Å². The molecular formula is C55H80N2. The van der Waals surface area contributed by atoms with E-state index in [4.69, 9.17) is 11.5 Å². The van der Waals surface area contributed by atoms with Crippen LogP contribution in [0.2, 0.25) is 0 Å². The van der Waals surface area contributed by atoms with Crippen molar-refractivity contribution < 1.29 is 0 Å². The fourth-order valence-electron chi connectivity index (χ4n) is 10.5. The lowest BCUT2D eigenvalue weighted by molar-refractivity contribution is 0.253. The van der Waals surface area contributed by atoms with Crippen LogP contribution in [-0.2, 0) is 5.41 Å². The van der Waals surface area contributed by atoms with Crippen molar-refractivity contribution >= 4 is 11.4 Å². The number of hydrogen-bond acceptors (Lipinski definition) is 2. The van der Waals surface area contributed by atoms with Gasteiger partial charge in [0.05, 0.1) is 0 Å². The average molecular weight is 769 g/mol. The van der Waals surface area contributed by atoms with Gasteiger partial charge in [-0.2, -0.15) is 0 Å². The molecule has 0 bridgehead atoms. The molecule has 0 aromatic heterocycles. The molecule has 0 amide bonds. The summed E-state index contributed by atoms with van der Waals surface area (Å²) in [7, 11) is 0. The molecule has 2 heteroatoms. The van der Waals surface area contributed by atoms with E-state index in [0.29, 0.717) is 11.8 Å². The number of anilines is 2. The minimum absolute atomic E-state index is 0.0531. The molecule has 0 aliphatic heterocycles. The Hall–Kier alpha value is -3.52. The summed E-state index contributed by atoms with van der Waals surface area (Å²) in [4.78, 5) is 0. The summed E-state index contributed by atoms with van der Waals surface area (Å²) in [5.74, 6) is 1.65. The van der Waals surface area contributed by atoms with Gasteiger partial charge in [0.2, 0.25) is 0 Å². The van der Waals surface area contributed by atoms with E-state index in [1.54, 1.807) is 0 Å². The third-order valence-corrected chi connectivity index (χ3v) is 13.9. The lowest BCUT2D eigenvalue weighted by atomic mass is 9.62. The number of hydrogen-bond donors (Lipinski definition) is 2. The van der Waals surface area contributed by atoms with Crippen LogP contribution < -0.4 is 11.5 Å². The quantitative estimate of drug-likeness (QED) is 0.0551. The topological polar surface area (TPSA) is 52.0 Å². The van der Waals surface area contributed by atoms with Crippen molar-refractivity contribution in [2.24, 2.45) is 5.92 Å². The Bertz CT molecular complexity index is 1610. The molecule has 1 fully saturated rings. The molecular weight excluding hydrogens is 689 g/mol. The van der Waals surface area contributed by atoms with E-state index in [1.165, 1.54) is 186 Å². The molecule has 2 atom stereocenters. The van der Waals surface area contributed by atoms with Crippen molar-refractivity contribution in [3.8, 4) is 0 Å². The van der Waals surface area contributed by atoms with Crippen molar-refractivity contribution in [2.45, 2.75) is 193 Å². The number of rotatable bonds is 24. The summed E-state index contributed by atoms with van der Waals surface area (Å²) < 4.78 is 0. The Morgan fingerprint density at radius 3 is 1.25 bits per heavy atom. The molecule has 0 heterocycles. The van der Waals surface area contributed by atoms with Crippen molar-refractivity contribution in [3.05, 3.63) is 129 Å². The molecule has 57 heavy (non-hydrogen) atoms. The first-order chi connectivity index (χ1) is 27.8. The van der Waals surface area contributed by atoms with E-state index in [0.717, 1.165) is 17.3 Å². The molecule has 2 nitrogen and oxygen atoms in total. The highest BCUT2D eigenvalue weighted by atomic mass is 14.5. The Morgan fingerprint density at radius 1 is 0.491 bits per heavy atom. The summed E-state index contributed by atoms with van der Waals surface area (Å²) in [6.07, 6.45) is 28.9. The number of benzene rings is 4. The van der Waals surface area contributed by atoms with Gasteiger partial charge in [-0.05, 0) is 127 Å². The first-order valence-electron chi connectivity index (χ1n) is 23.7. The summed E-state index contributed by atoms with van der Waals surface area (Å²) >= 11 is 0. The summed E-state index contributed by atoms with van der Waals surface area (Å²) in [6, 6.07) is 33.2. The molecule has 0 radical (unpaired) electrons. The minimum Gasteiger partial charge on any atom is -0.399 e. The summed E-state index contributed by atoms with van der Waals surface area (Å²) in [5.41, 5.74) is 25.7. The molecule has 0 spiro atoms. The van der Waals surface area contributed by atoms with Crippen LogP contribution in [0.4, 0.5) is 11.4 Å². The first kappa shape index (κ1) is 44.6. The fraction of sp³-hybridized carbons (Fsp3) is 0.564. The van der Waals surface area contributed by atoms with Crippen molar-refractivity contribution in [3.63, 3.8) is 0 Å². The molecule has 310 valence electrons. The first-order valence-corrected chi connectivity index (χ1v) is 23.7. The number of nitrogen functional groups attached to an aromatic ring is 2. The molecule has 2 unspecified atom stereocenters.